The van der Waals surface area contributed by atoms with Crippen LogP contribution in [0.25, 0.3) is 0 Å². The molecule has 2 aliphatic carbocycles. The van der Waals surface area contributed by atoms with Crippen LogP contribution < -0.4 is 9.80 Å². The molecular formula is C33H19Cl2F5N2O8. The van der Waals surface area contributed by atoms with Gasteiger partial charge in [-0.3, -0.25) is 19.2 Å². The number of halogens is 7. The molecule has 6 atom stereocenters. The molecule has 3 fully saturated rings. The van der Waals surface area contributed by atoms with Crippen molar-refractivity contribution in [1.82, 2.24) is 0 Å². The summed E-state index contributed by atoms with van der Waals surface area (Å²) in [6.07, 6.45) is 0.574. The molecule has 258 valence electrons. The van der Waals surface area contributed by atoms with E-state index < -0.39 is 116 Å². The smallest absolute Gasteiger partial charge is 0.339 e. The van der Waals surface area contributed by atoms with E-state index in [-0.39, 0.29) is 33.9 Å². The lowest BCUT2D eigenvalue weighted by Crippen LogP contribution is -2.60. The number of carboxylic acids is 1. The maximum atomic E-state index is 15.1. The summed E-state index contributed by atoms with van der Waals surface area (Å²) in [5.74, 6) is -25.3. The van der Waals surface area contributed by atoms with Gasteiger partial charge in [0.25, 0.3) is 11.8 Å². The highest BCUT2D eigenvalue weighted by molar-refractivity contribution is 6.58. The number of carboxylic acid groups (broad SMARTS) is 1. The third kappa shape index (κ3) is 4.16. The van der Waals surface area contributed by atoms with E-state index in [0.717, 1.165) is 24.3 Å². The van der Waals surface area contributed by atoms with Crippen LogP contribution in [-0.4, -0.2) is 54.7 Å². The monoisotopic (exact) mass is 736 g/mol. The Morgan fingerprint density at radius 3 is 2.04 bits per heavy atom. The number of allylic oxidation sites excluding steroid dienone is 2. The Morgan fingerprint density at radius 2 is 1.44 bits per heavy atom. The third-order valence-electron chi connectivity index (χ3n) is 9.89. The van der Waals surface area contributed by atoms with Crippen LogP contribution in [0.3, 0.4) is 0 Å². The molecule has 3 aromatic carbocycles. The topological polar surface area (TPSA) is 153 Å². The number of aromatic carboxylic acids is 1. The fourth-order valence-electron chi connectivity index (χ4n) is 7.74. The SMILES string of the molecule is O=C(O)c1ccc(N2C(=O)[C@H]3[C@H](CC=C4[C@H]3C[C@@]3(Cl)C(=O)N(c5c(F)c(F)c(F)c(F)c5F)C(=O)[C@@]3(Cl)[C@H]4c3cccc(O)c3)C2=O)cc1O. The van der Waals surface area contributed by atoms with Crippen LogP contribution >= 0.6 is 23.2 Å². The van der Waals surface area contributed by atoms with Gasteiger partial charge < -0.3 is 15.3 Å². The van der Waals surface area contributed by atoms with Gasteiger partial charge in [0, 0.05) is 12.0 Å². The molecule has 2 aliphatic heterocycles. The molecule has 1 saturated carbocycles. The summed E-state index contributed by atoms with van der Waals surface area (Å²) in [5, 5.41) is 29.9. The van der Waals surface area contributed by atoms with Crippen LogP contribution in [-0.2, 0) is 19.2 Å². The number of phenols is 2. The standard InChI is InChI=1S/C33H19Cl2F5N2O8/c34-32-10-17-14(6-7-16-19(17)28(46)41(27(16)45)12-4-5-15(29(47)48)18(44)9-12)20(11-2-1-3-13(43)8-11)33(32,35)31(50)42(30(32)49)26-24(39)22(37)21(36)23(38)25(26)40/h1-6,8-9,16-17,19-20,43-44H,7,10H2,(H,47,48)/t16-,17+,19-,20-,32+,33-/m0/s1. The Bertz CT molecular complexity index is 2140. The Morgan fingerprint density at radius 1 is 0.800 bits per heavy atom. The number of aromatic hydroxyl groups is 2. The number of nitrogens with zero attached hydrogens (tertiary/aromatic N) is 2. The molecule has 0 aromatic heterocycles. The van der Waals surface area contributed by atoms with Crippen molar-refractivity contribution in [3.05, 3.63) is 94.3 Å². The van der Waals surface area contributed by atoms with Gasteiger partial charge in [-0.1, -0.05) is 23.8 Å². The largest absolute Gasteiger partial charge is 0.508 e. The molecule has 0 unspecified atom stereocenters. The first-order valence-electron chi connectivity index (χ1n) is 14.7. The first-order chi connectivity index (χ1) is 23.5. The van der Waals surface area contributed by atoms with E-state index >= 15 is 8.78 Å². The molecule has 50 heavy (non-hydrogen) atoms. The molecule has 2 saturated heterocycles. The molecule has 3 N–H and O–H groups in total. The number of alkyl halides is 2. The van der Waals surface area contributed by atoms with Gasteiger partial charge in [0.05, 0.1) is 17.5 Å². The van der Waals surface area contributed by atoms with Crippen LogP contribution in [0.2, 0.25) is 0 Å². The predicted octanol–water partition coefficient (Wildman–Crippen LogP) is 5.26. The highest BCUT2D eigenvalue weighted by Crippen LogP contribution is 2.66. The number of carbonyl (C=O) groups excluding carboxylic acids is 4. The Hall–Kier alpha value is -5.02. The number of phenolic OH excluding ortho intramolecular Hbond substituents is 1. The summed E-state index contributed by atoms with van der Waals surface area (Å²) >= 11 is 14.1. The van der Waals surface area contributed by atoms with E-state index in [4.69, 9.17) is 23.2 Å². The maximum Gasteiger partial charge on any atom is 0.339 e. The summed E-state index contributed by atoms with van der Waals surface area (Å²) in [7, 11) is 0. The summed E-state index contributed by atoms with van der Waals surface area (Å²) in [4.78, 5) is 62.6. The van der Waals surface area contributed by atoms with Crippen molar-refractivity contribution < 1.29 is 61.2 Å². The predicted molar refractivity (Wildman–Crippen MR) is 162 cm³/mol. The zero-order valence-electron chi connectivity index (χ0n) is 24.8. The Labute approximate surface area is 286 Å². The van der Waals surface area contributed by atoms with Gasteiger partial charge >= 0.3 is 5.97 Å². The van der Waals surface area contributed by atoms with E-state index in [0.29, 0.717) is 4.90 Å². The number of amides is 4. The van der Waals surface area contributed by atoms with Gasteiger partial charge in [0.15, 0.2) is 33.0 Å². The molecule has 0 spiro atoms. The third-order valence-corrected chi connectivity index (χ3v) is 11.3. The normalized spacial score (nSPS) is 28.8. The van der Waals surface area contributed by atoms with E-state index in [1.54, 1.807) is 0 Å². The van der Waals surface area contributed by atoms with Gasteiger partial charge in [-0.25, -0.2) is 36.5 Å². The average molecular weight is 737 g/mol. The second-order valence-electron chi connectivity index (χ2n) is 12.3. The second kappa shape index (κ2) is 11.0. The number of rotatable bonds is 4. The van der Waals surface area contributed by atoms with E-state index in [9.17, 15) is 52.5 Å². The highest BCUT2D eigenvalue weighted by Gasteiger charge is 2.77. The number of benzene rings is 3. The van der Waals surface area contributed by atoms with E-state index in [2.05, 4.69) is 0 Å². The maximum absolute atomic E-state index is 15.1. The van der Waals surface area contributed by atoms with Gasteiger partial charge in [-0.05, 0) is 48.6 Å². The van der Waals surface area contributed by atoms with Crippen LogP contribution in [0.5, 0.6) is 11.5 Å². The number of hydrogen-bond donors (Lipinski definition) is 3. The molecule has 7 rings (SSSR count). The number of carbonyl (C=O) groups is 5. The van der Waals surface area contributed by atoms with Crippen LogP contribution in [0.15, 0.2) is 54.1 Å². The van der Waals surface area contributed by atoms with Crippen molar-refractivity contribution in [3.8, 4) is 11.5 Å². The fraction of sp³-hybridized carbons (Fsp3) is 0.242. The van der Waals surface area contributed by atoms with Gasteiger partial charge in [-0.15, -0.1) is 23.2 Å². The molecule has 3 aromatic rings. The van der Waals surface area contributed by atoms with Crippen LogP contribution in [0.4, 0.5) is 33.3 Å². The number of hydrogen-bond acceptors (Lipinski definition) is 7. The fourth-order valence-corrected chi connectivity index (χ4v) is 8.67. The van der Waals surface area contributed by atoms with Crippen LogP contribution in [0.1, 0.15) is 34.7 Å². The zero-order valence-corrected chi connectivity index (χ0v) is 26.3. The minimum Gasteiger partial charge on any atom is -0.508 e. The first-order valence-corrected chi connectivity index (χ1v) is 15.4. The van der Waals surface area contributed by atoms with Gasteiger partial charge in [0.2, 0.25) is 17.6 Å². The molecular weight excluding hydrogens is 718 g/mol. The van der Waals surface area contributed by atoms with Crippen molar-refractivity contribution in [1.29, 1.82) is 0 Å². The summed E-state index contributed by atoms with van der Waals surface area (Å²) < 4.78 is 73.0. The Kier molecular flexibility index (Phi) is 7.36. The summed E-state index contributed by atoms with van der Waals surface area (Å²) in [6.45, 7) is 0. The molecule has 4 aliphatic rings. The number of fused-ring (bicyclic) bond motifs is 4. The van der Waals surface area contributed by atoms with Crippen molar-refractivity contribution in [3.63, 3.8) is 0 Å². The lowest BCUT2D eigenvalue weighted by Gasteiger charge is -2.50. The van der Waals surface area contributed by atoms with E-state index in [1.165, 1.54) is 24.3 Å². The minimum atomic E-state index is -2.75. The Balaban J connectivity index is 1.40. The van der Waals surface area contributed by atoms with E-state index in [1.807, 2.05) is 0 Å². The first kappa shape index (κ1) is 33.5. The van der Waals surface area contributed by atoms with Crippen molar-refractivity contribution in [2.75, 3.05) is 9.80 Å². The number of imide groups is 2. The molecule has 0 radical (unpaired) electrons. The lowest BCUT2D eigenvalue weighted by molar-refractivity contribution is -0.125. The summed E-state index contributed by atoms with van der Waals surface area (Å²) in [5.41, 5.74) is -2.44. The molecule has 10 nitrogen and oxygen atoms in total. The van der Waals surface area contributed by atoms with Gasteiger partial charge in [0.1, 0.15) is 22.7 Å². The molecule has 17 heteroatoms. The average Bonchev–Trinajstić information content (AvgIpc) is 3.40. The lowest BCUT2D eigenvalue weighted by atomic mass is 9.56. The second-order valence-corrected chi connectivity index (χ2v) is 13.5. The van der Waals surface area contributed by atoms with Crippen molar-refractivity contribution >= 4 is 64.2 Å². The molecule has 4 amide bonds. The zero-order chi connectivity index (χ0) is 36.4. The summed E-state index contributed by atoms with van der Waals surface area (Å²) in [6, 6.07) is 8.07. The van der Waals surface area contributed by atoms with Crippen molar-refractivity contribution in [2.24, 2.45) is 17.8 Å². The quantitative estimate of drug-likeness (QED) is 0.0820. The highest BCUT2D eigenvalue weighted by atomic mass is 35.5. The minimum absolute atomic E-state index is 0.0163. The molecule has 2 heterocycles. The van der Waals surface area contributed by atoms with Crippen LogP contribution in [0, 0.1) is 46.8 Å². The number of anilines is 2. The van der Waals surface area contributed by atoms with Crippen molar-refractivity contribution in [2.45, 2.75) is 28.5 Å². The van der Waals surface area contributed by atoms with Gasteiger partial charge in [-0.2, -0.15) is 0 Å². The molecule has 0 bridgehead atoms.